The molecule has 0 bridgehead atoms. The van der Waals surface area contributed by atoms with Gasteiger partial charge in [-0.25, -0.2) is 4.98 Å². The van der Waals surface area contributed by atoms with E-state index in [1.165, 1.54) is 19.3 Å². The van der Waals surface area contributed by atoms with E-state index in [0.29, 0.717) is 12.6 Å². The SMILES string of the molecule is COc1ccc2nc(C)n(Cc3ccc(C(=O)N(C)C4CCN(C5CCC5)C4)cc3)c2c1. The highest BCUT2D eigenvalue weighted by atomic mass is 16.5. The minimum atomic E-state index is 0.117. The van der Waals surface area contributed by atoms with Crippen molar-refractivity contribution in [3.05, 3.63) is 59.4 Å². The molecule has 168 valence electrons. The van der Waals surface area contributed by atoms with Crippen molar-refractivity contribution in [1.82, 2.24) is 19.4 Å². The van der Waals surface area contributed by atoms with Crippen molar-refractivity contribution < 1.29 is 9.53 Å². The van der Waals surface area contributed by atoms with E-state index in [-0.39, 0.29) is 5.91 Å². The first kappa shape index (κ1) is 21.0. The Morgan fingerprint density at radius 1 is 1.16 bits per heavy atom. The molecule has 1 aliphatic heterocycles. The number of hydrogen-bond donors (Lipinski definition) is 0. The molecule has 1 aromatic heterocycles. The van der Waals surface area contributed by atoms with Crippen LogP contribution in [0.4, 0.5) is 0 Å². The third-order valence-electron chi connectivity index (χ3n) is 7.34. The molecule has 0 N–H and O–H groups in total. The largest absolute Gasteiger partial charge is 0.497 e. The quantitative estimate of drug-likeness (QED) is 0.589. The fraction of sp³-hybridized carbons (Fsp3) is 0.462. The Labute approximate surface area is 189 Å². The number of amides is 1. The number of carbonyl (C=O) groups is 1. The molecule has 1 aliphatic carbocycles. The molecular weight excluding hydrogens is 400 g/mol. The van der Waals surface area contributed by atoms with Crippen LogP contribution < -0.4 is 4.74 Å². The molecule has 5 rings (SSSR count). The van der Waals surface area contributed by atoms with E-state index in [2.05, 4.69) is 26.6 Å². The van der Waals surface area contributed by atoms with E-state index >= 15 is 0 Å². The fourth-order valence-corrected chi connectivity index (χ4v) is 5.02. The van der Waals surface area contributed by atoms with Gasteiger partial charge in [0, 0.05) is 50.4 Å². The number of imidazole rings is 1. The van der Waals surface area contributed by atoms with Gasteiger partial charge < -0.3 is 14.2 Å². The van der Waals surface area contributed by atoms with Crippen molar-refractivity contribution in [3.63, 3.8) is 0 Å². The lowest BCUT2D eigenvalue weighted by molar-refractivity contribution is 0.0720. The summed E-state index contributed by atoms with van der Waals surface area (Å²) in [5, 5.41) is 0. The summed E-state index contributed by atoms with van der Waals surface area (Å²) in [6.07, 6.45) is 5.08. The second-order valence-corrected chi connectivity index (χ2v) is 9.23. The number of ether oxygens (including phenoxy) is 1. The standard InChI is InChI=1S/C26H32N4O2/c1-18-27-24-12-11-23(32-3)15-25(24)30(18)16-19-7-9-20(10-8-19)26(31)28(2)22-13-14-29(17-22)21-5-4-6-21/h7-12,15,21-22H,4-6,13-14,16-17H2,1-3H3. The number of methoxy groups -OCH3 is 1. The summed E-state index contributed by atoms with van der Waals surface area (Å²) in [6, 6.07) is 15.1. The minimum absolute atomic E-state index is 0.117. The van der Waals surface area contributed by atoms with Crippen LogP contribution in [0.5, 0.6) is 5.75 Å². The predicted molar refractivity (Wildman–Crippen MR) is 126 cm³/mol. The predicted octanol–water partition coefficient (Wildman–Crippen LogP) is 4.10. The van der Waals surface area contributed by atoms with E-state index in [4.69, 9.17) is 4.74 Å². The van der Waals surface area contributed by atoms with Crippen LogP contribution >= 0.6 is 0 Å². The molecular formula is C26H32N4O2. The molecule has 1 saturated carbocycles. The molecule has 1 saturated heterocycles. The zero-order valence-corrected chi connectivity index (χ0v) is 19.3. The number of fused-ring (bicyclic) bond motifs is 1. The lowest BCUT2D eigenvalue weighted by atomic mass is 9.92. The third kappa shape index (κ3) is 3.88. The van der Waals surface area contributed by atoms with Gasteiger partial charge in [-0.1, -0.05) is 18.6 Å². The molecule has 2 aromatic carbocycles. The number of likely N-dealkylation sites (tertiary alicyclic amines) is 1. The summed E-state index contributed by atoms with van der Waals surface area (Å²) in [5.74, 6) is 1.90. The number of aromatic nitrogens is 2. The van der Waals surface area contributed by atoms with Gasteiger partial charge >= 0.3 is 0 Å². The second-order valence-electron chi connectivity index (χ2n) is 9.23. The van der Waals surface area contributed by atoms with Crippen LogP contribution in [0.15, 0.2) is 42.5 Å². The first-order valence-corrected chi connectivity index (χ1v) is 11.6. The van der Waals surface area contributed by atoms with Crippen LogP contribution in [0.1, 0.15) is 47.4 Å². The number of rotatable bonds is 6. The highest BCUT2D eigenvalue weighted by Crippen LogP contribution is 2.29. The van der Waals surface area contributed by atoms with Crippen molar-refractivity contribution in [2.75, 3.05) is 27.2 Å². The summed E-state index contributed by atoms with van der Waals surface area (Å²) in [4.78, 5) is 22.3. The van der Waals surface area contributed by atoms with Crippen molar-refractivity contribution in [3.8, 4) is 5.75 Å². The first-order valence-electron chi connectivity index (χ1n) is 11.6. The van der Waals surface area contributed by atoms with E-state index in [1.54, 1.807) is 7.11 Å². The lowest BCUT2D eigenvalue weighted by Gasteiger charge is -2.35. The van der Waals surface area contributed by atoms with Gasteiger partial charge in [0.25, 0.3) is 5.91 Å². The van der Waals surface area contributed by atoms with E-state index in [1.807, 2.05) is 49.2 Å². The van der Waals surface area contributed by atoms with Crippen molar-refractivity contribution >= 4 is 16.9 Å². The highest BCUT2D eigenvalue weighted by molar-refractivity contribution is 5.94. The highest BCUT2D eigenvalue weighted by Gasteiger charge is 2.34. The number of likely N-dealkylation sites (N-methyl/N-ethyl adjacent to an activating group) is 1. The Balaban J connectivity index is 1.28. The topological polar surface area (TPSA) is 50.6 Å². The van der Waals surface area contributed by atoms with Crippen molar-refractivity contribution in [2.24, 2.45) is 0 Å². The Kier molecular flexibility index (Phi) is 5.64. The molecule has 1 atom stereocenters. The van der Waals surface area contributed by atoms with Gasteiger partial charge in [-0.3, -0.25) is 9.69 Å². The average Bonchev–Trinajstić information content (AvgIpc) is 3.36. The summed E-state index contributed by atoms with van der Waals surface area (Å²) in [5.41, 5.74) is 3.92. The molecule has 1 amide bonds. The smallest absolute Gasteiger partial charge is 0.253 e. The van der Waals surface area contributed by atoms with Gasteiger partial charge in [0.2, 0.25) is 0 Å². The van der Waals surface area contributed by atoms with Crippen molar-refractivity contribution in [2.45, 2.75) is 51.2 Å². The van der Waals surface area contributed by atoms with Gasteiger partial charge in [0.1, 0.15) is 11.6 Å². The average molecular weight is 433 g/mol. The van der Waals surface area contributed by atoms with Crippen molar-refractivity contribution in [1.29, 1.82) is 0 Å². The van der Waals surface area contributed by atoms with Gasteiger partial charge in [-0.2, -0.15) is 0 Å². The first-order chi connectivity index (χ1) is 15.5. The molecule has 6 nitrogen and oxygen atoms in total. The molecule has 2 aliphatic rings. The number of nitrogens with zero attached hydrogens (tertiary/aromatic N) is 4. The monoisotopic (exact) mass is 432 g/mol. The maximum atomic E-state index is 13.1. The van der Waals surface area contributed by atoms with E-state index in [0.717, 1.165) is 59.3 Å². The van der Waals surface area contributed by atoms with Crippen LogP contribution in [0.3, 0.4) is 0 Å². The fourth-order valence-electron chi connectivity index (χ4n) is 5.02. The Bertz CT molecular complexity index is 1120. The number of carbonyl (C=O) groups excluding carboxylic acids is 1. The van der Waals surface area contributed by atoms with Gasteiger partial charge in [-0.15, -0.1) is 0 Å². The molecule has 3 aromatic rings. The lowest BCUT2D eigenvalue weighted by Crippen LogP contribution is -2.43. The maximum absolute atomic E-state index is 13.1. The van der Waals surface area contributed by atoms with Crippen LogP contribution in [0.2, 0.25) is 0 Å². The minimum Gasteiger partial charge on any atom is -0.497 e. The number of benzene rings is 2. The van der Waals surface area contributed by atoms with Crippen LogP contribution in [-0.2, 0) is 6.54 Å². The second kappa shape index (κ2) is 8.58. The number of hydrogen-bond acceptors (Lipinski definition) is 4. The molecule has 1 unspecified atom stereocenters. The maximum Gasteiger partial charge on any atom is 0.253 e. The van der Waals surface area contributed by atoms with E-state index in [9.17, 15) is 4.79 Å². The molecule has 0 radical (unpaired) electrons. The van der Waals surface area contributed by atoms with Crippen LogP contribution in [0.25, 0.3) is 11.0 Å². The molecule has 32 heavy (non-hydrogen) atoms. The Morgan fingerprint density at radius 2 is 1.94 bits per heavy atom. The summed E-state index contributed by atoms with van der Waals surface area (Å²) >= 11 is 0. The molecule has 2 fully saturated rings. The molecule has 2 heterocycles. The van der Waals surface area contributed by atoms with Gasteiger partial charge in [-0.05, 0) is 56.0 Å². The third-order valence-corrected chi connectivity index (χ3v) is 7.34. The van der Waals surface area contributed by atoms with E-state index < -0.39 is 0 Å². The zero-order valence-electron chi connectivity index (χ0n) is 19.3. The molecule has 0 spiro atoms. The number of aryl methyl sites for hydroxylation is 1. The summed E-state index contributed by atoms with van der Waals surface area (Å²) in [7, 11) is 3.64. The van der Waals surface area contributed by atoms with Gasteiger partial charge in [0.05, 0.1) is 18.1 Å². The molecule has 6 heteroatoms. The summed E-state index contributed by atoms with van der Waals surface area (Å²) in [6.45, 7) is 4.86. The Hall–Kier alpha value is -2.86. The Morgan fingerprint density at radius 3 is 2.62 bits per heavy atom. The summed E-state index contributed by atoms with van der Waals surface area (Å²) < 4.78 is 7.58. The van der Waals surface area contributed by atoms with Gasteiger partial charge in [0.15, 0.2) is 0 Å². The zero-order chi connectivity index (χ0) is 22.2. The van der Waals surface area contributed by atoms with Crippen LogP contribution in [0, 0.1) is 6.92 Å². The van der Waals surface area contributed by atoms with Crippen LogP contribution in [-0.4, -0.2) is 64.6 Å². The normalized spacial score (nSPS) is 19.3.